The quantitative estimate of drug-likeness (QED) is 0.308. The molecule has 0 spiro atoms. The smallest absolute Gasteiger partial charge is 0.248 e. The summed E-state index contributed by atoms with van der Waals surface area (Å²) in [5, 5.41) is -0.121. The minimum atomic E-state index is -4.52. The van der Waals surface area contributed by atoms with E-state index >= 15 is 0 Å². The van der Waals surface area contributed by atoms with Gasteiger partial charge in [0.25, 0.3) is 0 Å². The lowest BCUT2D eigenvalue weighted by Crippen LogP contribution is -2.21. The van der Waals surface area contributed by atoms with Gasteiger partial charge in [0.15, 0.2) is 0 Å². The third kappa shape index (κ3) is 4.55. The molecule has 31 heavy (non-hydrogen) atoms. The van der Waals surface area contributed by atoms with Gasteiger partial charge in [0.2, 0.25) is 18.2 Å². The van der Waals surface area contributed by atoms with E-state index in [1.54, 1.807) is 0 Å². The standard InChI is InChI=1S/C22H15Cl4O4P/c1-2-30-13-9-11-14(12-10-13)31(29,21(27)19-15(23)5-3-6-16(19)24)22(28)20-17(25)7-4-8-18(20)26/h3-12H,2H2,1H3. The van der Waals surface area contributed by atoms with E-state index in [2.05, 4.69) is 0 Å². The van der Waals surface area contributed by atoms with Crippen LogP contribution in [-0.4, -0.2) is 17.7 Å². The van der Waals surface area contributed by atoms with Crippen molar-refractivity contribution in [3.63, 3.8) is 0 Å². The maximum atomic E-state index is 14.3. The van der Waals surface area contributed by atoms with Crippen molar-refractivity contribution in [3.8, 4) is 5.75 Å². The molecular weight excluding hydrogens is 501 g/mol. The fourth-order valence-corrected chi connectivity index (χ4v) is 6.70. The second kappa shape index (κ2) is 9.77. The molecule has 0 aliphatic heterocycles. The van der Waals surface area contributed by atoms with E-state index < -0.39 is 18.2 Å². The number of carbonyl (C=O) groups is 2. The van der Waals surface area contributed by atoms with Crippen LogP contribution < -0.4 is 10.0 Å². The van der Waals surface area contributed by atoms with Crippen molar-refractivity contribution in [1.82, 2.24) is 0 Å². The van der Waals surface area contributed by atoms with E-state index in [1.165, 1.54) is 60.7 Å². The van der Waals surface area contributed by atoms with Gasteiger partial charge < -0.3 is 9.30 Å². The Bertz CT molecular complexity index is 1100. The van der Waals surface area contributed by atoms with Gasteiger partial charge in [0.05, 0.1) is 37.8 Å². The molecule has 3 aromatic rings. The Morgan fingerprint density at radius 3 is 1.48 bits per heavy atom. The predicted molar refractivity (Wildman–Crippen MR) is 126 cm³/mol. The summed E-state index contributed by atoms with van der Waals surface area (Å²) in [6, 6.07) is 14.6. The van der Waals surface area contributed by atoms with Crippen LogP contribution in [0.3, 0.4) is 0 Å². The number of ether oxygens (including phenoxy) is 1. The van der Waals surface area contributed by atoms with Crippen LogP contribution in [0.15, 0.2) is 60.7 Å². The Kier molecular flexibility index (Phi) is 7.51. The number of hydrogen-bond donors (Lipinski definition) is 0. The maximum absolute atomic E-state index is 14.3. The van der Waals surface area contributed by atoms with E-state index in [-0.39, 0.29) is 36.5 Å². The number of rotatable bonds is 7. The molecule has 0 aliphatic carbocycles. The largest absolute Gasteiger partial charge is 0.494 e. The fraction of sp³-hybridized carbons (Fsp3) is 0.0909. The summed E-state index contributed by atoms with van der Waals surface area (Å²) in [4.78, 5) is 27.2. The van der Waals surface area contributed by atoms with Gasteiger partial charge in [0.1, 0.15) is 5.75 Å². The van der Waals surface area contributed by atoms with E-state index in [1.807, 2.05) is 6.92 Å². The average molecular weight is 516 g/mol. The van der Waals surface area contributed by atoms with Gasteiger partial charge in [-0.2, -0.15) is 0 Å². The molecule has 0 aliphatic rings. The summed E-state index contributed by atoms with van der Waals surface area (Å²) < 4.78 is 19.7. The highest BCUT2D eigenvalue weighted by Gasteiger charge is 2.45. The molecule has 0 heterocycles. The number of hydrogen-bond acceptors (Lipinski definition) is 4. The van der Waals surface area contributed by atoms with Crippen LogP contribution in [0.2, 0.25) is 20.1 Å². The molecule has 0 saturated carbocycles. The molecule has 0 N–H and O–H groups in total. The Morgan fingerprint density at radius 2 is 1.13 bits per heavy atom. The highest BCUT2D eigenvalue weighted by molar-refractivity contribution is 8.01. The van der Waals surface area contributed by atoms with Crippen molar-refractivity contribution in [2.45, 2.75) is 6.92 Å². The second-order valence-electron chi connectivity index (χ2n) is 6.34. The number of benzene rings is 3. The predicted octanol–water partition coefficient (Wildman–Crippen LogP) is 7.37. The van der Waals surface area contributed by atoms with Gasteiger partial charge in [-0.15, -0.1) is 0 Å². The van der Waals surface area contributed by atoms with E-state index in [0.29, 0.717) is 12.4 Å². The summed E-state index contributed by atoms with van der Waals surface area (Å²) in [5.74, 6) is 0.490. The maximum Gasteiger partial charge on any atom is 0.248 e. The topological polar surface area (TPSA) is 60.4 Å². The fourth-order valence-electron chi connectivity index (χ4n) is 2.96. The van der Waals surface area contributed by atoms with Crippen LogP contribution in [0.1, 0.15) is 27.6 Å². The lowest BCUT2D eigenvalue weighted by Gasteiger charge is -2.19. The molecule has 160 valence electrons. The lowest BCUT2D eigenvalue weighted by atomic mass is 10.2. The molecule has 4 nitrogen and oxygen atoms in total. The van der Waals surface area contributed by atoms with Gasteiger partial charge in [0, 0.05) is 5.30 Å². The summed E-state index contributed by atoms with van der Waals surface area (Å²) >= 11 is 24.8. The molecule has 0 bridgehead atoms. The zero-order valence-corrected chi connectivity index (χ0v) is 20.0. The minimum absolute atomic E-state index is 0.0158. The van der Waals surface area contributed by atoms with Crippen LogP contribution >= 0.6 is 53.5 Å². The molecule has 0 amide bonds. The Labute approximate surface area is 199 Å². The molecular formula is C22H15Cl4O4P. The van der Waals surface area contributed by atoms with Crippen molar-refractivity contribution >= 4 is 69.9 Å². The first-order valence-electron chi connectivity index (χ1n) is 9.03. The van der Waals surface area contributed by atoms with Gasteiger partial charge >= 0.3 is 0 Å². The zero-order chi connectivity index (χ0) is 22.8. The molecule has 0 radical (unpaired) electrons. The van der Waals surface area contributed by atoms with E-state index in [4.69, 9.17) is 51.1 Å². The van der Waals surface area contributed by atoms with Crippen molar-refractivity contribution < 1.29 is 18.9 Å². The first-order valence-corrected chi connectivity index (χ1v) is 12.2. The molecule has 3 rings (SSSR count). The highest BCUT2D eigenvalue weighted by atomic mass is 35.5. The van der Waals surface area contributed by atoms with Crippen LogP contribution in [0.25, 0.3) is 0 Å². The summed E-state index contributed by atoms with van der Waals surface area (Å²) in [7, 11) is -4.52. The third-order valence-corrected chi connectivity index (χ3v) is 8.31. The monoisotopic (exact) mass is 514 g/mol. The average Bonchev–Trinajstić information content (AvgIpc) is 2.73. The second-order valence-corrected chi connectivity index (χ2v) is 10.5. The van der Waals surface area contributed by atoms with Crippen LogP contribution in [-0.2, 0) is 4.57 Å². The molecule has 0 saturated heterocycles. The van der Waals surface area contributed by atoms with Crippen molar-refractivity contribution in [3.05, 3.63) is 91.9 Å². The van der Waals surface area contributed by atoms with E-state index in [9.17, 15) is 14.2 Å². The van der Waals surface area contributed by atoms with Crippen molar-refractivity contribution in [2.75, 3.05) is 6.61 Å². The van der Waals surface area contributed by atoms with Gasteiger partial charge in [-0.25, -0.2) is 0 Å². The van der Waals surface area contributed by atoms with Gasteiger partial charge in [-0.05, 0) is 55.5 Å². The van der Waals surface area contributed by atoms with Crippen molar-refractivity contribution in [2.24, 2.45) is 0 Å². The van der Waals surface area contributed by atoms with E-state index in [0.717, 1.165) is 0 Å². The normalized spacial score (nSPS) is 11.3. The molecule has 9 heteroatoms. The molecule has 0 aromatic heterocycles. The summed E-state index contributed by atoms with van der Waals surface area (Å²) in [6.45, 7) is 2.23. The summed E-state index contributed by atoms with van der Waals surface area (Å²) in [5.41, 5.74) is -2.43. The molecule has 0 unspecified atom stereocenters. The highest BCUT2D eigenvalue weighted by Crippen LogP contribution is 2.54. The van der Waals surface area contributed by atoms with Gasteiger partial charge in [-0.1, -0.05) is 58.5 Å². The van der Waals surface area contributed by atoms with Crippen LogP contribution in [0.4, 0.5) is 0 Å². The molecule has 3 aromatic carbocycles. The molecule has 0 atom stereocenters. The van der Waals surface area contributed by atoms with Crippen LogP contribution in [0.5, 0.6) is 5.75 Å². The first-order chi connectivity index (χ1) is 14.7. The third-order valence-electron chi connectivity index (χ3n) is 4.44. The Hall–Kier alpha value is -1.81. The number of carbonyl (C=O) groups excluding carboxylic acids is 2. The first kappa shape index (κ1) is 23.8. The SMILES string of the molecule is CCOc1ccc(P(=O)(C(=O)c2c(Cl)cccc2Cl)C(=O)c2c(Cl)cccc2Cl)cc1. The Balaban J connectivity index is 2.27. The van der Waals surface area contributed by atoms with Crippen LogP contribution in [0, 0.1) is 0 Å². The number of halogens is 4. The minimum Gasteiger partial charge on any atom is -0.494 e. The molecule has 0 fully saturated rings. The van der Waals surface area contributed by atoms with Gasteiger partial charge in [-0.3, -0.25) is 9.59 Å². The summed E-state index contributed by atoms with van der Waals surface area (Å²) in [6.07, 6.45) is 0. The zero-order valence-electron chi connectivity index (χ0n) is 16.1. The lowest BCUT2D eigenvalue weighted by molar-refractivity contribution is 0.104. The Morgan fingerprint density at radius 1 is 0.742 bits per heavy atom. The van der Waals surface area contributed by atoms with Crippen molar-refractivity contribution in [1.29, 1.82) is 0 Å².